The van der Waals surface area contributed by atoms with Crippen molar-refractivity contribution in [2.45, 2.75) is 46.1 Å². The Labute approximate surface area is 147 Å². The quantitative estimate of drug-likeness (QED) is 0.319. The Morgan fingerprint density at radius 3 is 2.71 bits per heavy atom. The Hall–Kier alpha value is -0.480. The molecule has 1 aliphatic heterocycles. The average molecular weight is 406 g/mol. The number of piperidine rings is 1. The number of guanidine groups is 1. The molecule has 1 rings (SSSR count). The first kappa shape index (κ1) is 20.5. The van der Waals surface area contributed by atoms with E-state index in [1.165, 1.54) is 25.9 Å². The molecule has 4 nitrogen and oxygen atoms in total. The van der Waals surface area contributed by atoms with Crippen molar-refractivity contribution < 1.29 is 0 Å². The molecule has 0 aromatic rings. The number of aliphatic imine (C=N–C) groups is 1. The van der Waals surface area contributed by atoms with Crippen LogP contribution in [0.3, 0.4) is 0 Å². The van der Waals surface area contributed by atoms with Crippen LogP contribution in [0.15, 0.2) is 4.99 Å². The van der Waals surface area contributed by atoms with Crippen molar-refractivity contribution in [1.29, 1.82) is 0 Å². The van der Waals surface area contributed by atoms with Gasteiger partial charge in [-0.25, -0.2) is 0 Å². The van der Waals surface area contributed by atoms with Crippen molar-refractivity contribution in [2.24, 2.45) is 10.9 Å². The van der Waals surface area contributed by atoms with Crippen molar-refractivity contribution >= 4 is 29.9 Å². The first-order valence-corrected chi connectivity index (χ1v) is 7.70. The fraction of sp³-hybridized carbons (Fsp3) is 0.812. The van der Waals surface area contributed by atoms with Gasteiger partial charge in [-0.15, -0.1) is 30.4 Å². The van der Waals surface area contributed by atoms with E-state index in [1.807, 2.05) is 0 Å². The summed E-state index contributed by atoms with van der Waals surface area (Å²) >= 11 is 0. The molecule has 1 heterocycles. The van der Waals surface area contributed by atoms with Crippen LogP contribution in [0.4, 0.5) is 0 Å². The minimum atomic E-state index is 0. The number of halogens is 1. The predicted molar refractivity (Wildman–Crippen MR) is 102 cm³/mol. The third kappa shape index (κ3) is 7.37. The maximum absolute atomic E-state index is 5.28. The molecule has 0 aromatic heterocycles. The number of rotatable bonds is 5. The van der Waals surface area contributed by atoms with Crippen LogP contribution in [0.1, 0.15) is 40.5 Å². The zero-order valence-corrected chi connectivity index (χ0v) is 16.2. The van der Waals surface area contributed by atoms with Crippen LogP contribution >= 0.6 is 24.0 Å². The van der Waals surface area contributed by atoms with Gasteiger partial charge in [0, 0.05) is 18.6 Å². The lowest BCUT2D eigenvalue weighted by Crippen LogP contribution is -2.51. The molecule has 0 bridgehead atoms. The van der Waals surface area contributed by atoms with Crippen LogP contribution in [0, 0.1) is 18.3 Å². The summed E-state index contributed by atoms with van der Waals surface area (Å²) in [4.78, 5) is 7.24. The highest BCUT2D eigenvalue weighted by Crippen LogP contribution is 2.23. The van der Waals surface area contributed by atoms with Crippen molar-refractivity contribution in [2.75, 3.05) is 32.7 Å². The molecule has 1 saturated heterocycles. The lowest BCUT2D eigenvalue weighted by atomic mass is 9.94. The first-order valence-electron chi connectivity index (χ1n) is 7.70. The van der Waals surface area contributed by atoms with Gasteiger partial charge in [0.25, 0.3) is 0 Å². The van der Waals surface area contributed by atoms with Crippen LogP contribution < -0.4 is 10.6 Å². The summed E-state index contributed by atoms with van der Waals surface area (Å²) in [6.07, 6.45) is 7.93. The van der Waals surface area contributed by atoms with Gasteiger partial charge in [0.1, 0.15) is 0 Å². The summed E-state index contributed by atoms with van der Waals surface area (Å²) in [7, 11) is 0. The predicted octanol–water partition coefficient (Wildman–Crippen LogP) is 2.30. The molecule has 0 radical (unpaired) electrons. The zero-order chi connectivity index (χ0) is 15.0. The maximum atomic E-state index is 5.28. The molecule has 122 valence electrons. The zero-order valence-electron chi connectivity index (χ0n) is 13.9. The minimum absolute atomic E-state index is 0. The molecule has 1 atom stereocenters. The van der Waals surface area contributed by atoms with Crippen LogP contribution in [0.25, 0.3) is 0 Å². The number of nitrogens with zero attached hydrogens (tertiary/aromatic N) is 2. The first-order chi connectivity index (χ1) is 9.49. The van der Waals surface area contributed by atoms with Gasteiger partial charge >= 0.3 is 0 Å². The average Bonchev–Trinajstić information content (AvgIpc) is 2.42. The second-order valence-electron chi connectivity index (χ2n) is 6.26. The lowest BCUT2D eigenvalue weighted by molar-refractivity contribution is 0.0774. The van der Waals surface area contributed by atoms with E-state index in [0.29, 0.717) is 6.54 Å². The van der Waals surface area contributed by atoms with E-state index in [1.54, 1.807) is 0 Å². The molecule has 0 aromatic carbocycles. The van der Waals surface area contributed by atoms with Crippen LogP contribution in [-0.2, 0) is 0 Å². The van der Waals surface area contributed by atoms with Gasteiger partial charge < -0.3 is 10.6 Å². The van der Waals surface area contributed by atoms with Crippen LogP contribution in [0.5, 0.6) is 0 Å². The molecule has 0 amide bonds. The van der Waals surface area contributed by atoms with Crippen LogP contribution in [0.2, 0.25) is 0 Å². The Morgan fingerprint density at radius 1 is 1.43 bits per heavy atom. The second kappa shape index (κ2) is 10.3. The Bertz CT molecular complexity index is 360. The molecule has 0 spiro atoms. The SMILES string of the molecule is C#CCNC(=NCC(C)(C)N1CCCC(C)C1)NCC.I. The van der Waals surface area contributed by atoms with Gasteiger partial charge in [0.05, 0.1) is 13.1 Å². The van der Waals surface area contributed by atoms with Gasteiger partial charge in [-0.05, 0) is 46.1 Å². The monoisotopic (exact) mass is 406 g/mol. The Balaban J connectivity index is 0.00000400. The normalized spacial score (nSPS) is 20.3. The Kier molecular flexibility index (Phi) is 10.0. The van der Waals surface area contributed by atoms with E-state index < -0.39 is 0 Å². The van der Waals surface area contributed by atoms with Crippen molar-refractivity contribution in [3.63, 3.8) is 0 Å². The molecule has 5 heteroatoms. The molecular formula is C16H31IN4. The highest BCUT2D eigenvalue weighted by atomic mass is 127. The van der Waals surface area contributed by atoms with E-state index in [-0.39, 0.29) is 29.5 Å². The summed E-state index contributed by atoms with van der Waals surface area (Å²) in [6.45, 7) is 13.4. The largest absolute Gasteiger partial charge is 0.357 e. The maximum Gasteiger partial charge on any atom is 0.192 e. The number of hydrogen-bond donors (Lipinski definition) is 2. The molecule has 0 saturated carbocycles. The topological polar surface area (TPSA) is 39.7 Å². The van der Waals surface area contributed by atoms with Gasteiger partial charge in [-0.3, -0.25) is 9.89 Å². The van der Waals surface area contributed by atoms with Crippen molar-refractivity contribution in [1.82, 2.24) is 15.5 Å². The molecule has 1 fully saturated rings. The highest BCUT2D eigenvalue weighted by Gasteiger charge is 2.29. The van der Waals surface area contributed by atoms with Crippen molar-refractivity contribution in [3.8, 4) is 12.3 Å². The van der Waals surface area contributed by atoms with Crippen LogP contribution in [-0.4, -0.2) is 49.1 Å². The molecule has 0 aliphatic carbocycles. The summed E-state index contributed by atoms with van der Waals surface area (Å²) in [5.74, 6) is 4.18. The smallest absolute Gasteiger partial charge is 0.192 e. The van der Waals surface area contributed by atoms with E-state index in [2.05, 4.69) is 54.1 Å². The fourth-order valence-electron chi connectivity index (χ4n) is 2.59. The molecular weight excluding hydrogens is 375 g/mol. The summed E-state index contributed by atoms with van der Waals surface area (Å²) in [6, 6.07) is 0. The number of hydrogen-bond acceptors (Lipinski definition) is 2. The highest BCUT2D eigenvalue weighted by molar-refractivity contribution is 14.0. The van der Waals surface area contributed by atoms with Gasteiger partial charge in [0.2, 0.25) is 0 Å². The van der Waals surface area contributed by atoms with Crippen molar-refractivity contribution in [3.05, 3.63) is 0 Å². The van der Waals surface area contributed by atoms with E-state index in [0.717, 1.165) is 25.0 Å². The molecule has 1 unspecified atom stereocenters. The van der Waals surface area contributed by atoms with E-state index >= 15 is 0 Å². The lowest BCUT2D eigenvalue weighted by Gasteiger charge is -2.42. The third-order valence-electron chi connectivity index (χ3n) is 3.84. The molecule has 21 heavy (non-hydrogen) atoms. The minimum Gasteiger partial charge on any atom is -0.357 e. The van der Waals surface area contributed by atoms with Gasteiger partial charge in [0.15, 0.2) is 5.96 Å². The Morgan fingerprint density at radius 2 is 2.14 bits per heavy atom. The third-order valence-corrected chi connectivity index (χ3v) is 3.84. The van der Waals surface area contributed by atoms with E-state index in [9.17, 15) is 0 Å². The molecule has 1 aliphatic rings. The van der Waals surface area contributed by atoms with E-state index in [4.69, 9.17) is 6.42 Å². The number of nitrogens with one attached hydrogen (secondary N) is 2. The number of terminal acetylenes is 1. The summed E-state index contributed by atoms with van der Waals surface area (Å²) in [5, 5.41) is 6.37. The summed E-state index contributed by atoms with van der Waals surface area (Å²) < 4.78 is 0. The number of likely N-dealkylation sites (tertiary alicyclic amines) is 1. The molecule has 2 N–H and O–H groups in total. The van der Waals surface area contributed by atoms with Gasteiger partial charge in [-0.2, -0.15) is 0 Å². The van der Waals surface area contributed by atoms with Gasteiger partial charge in [-0.1, -0.05) is 12.8 Å². The summed E-state index contributed by atoms with van der Waals surface area (Å²) in [5.41, 5.74) is 0.0905. The fourth-order valence-corrected chi connectivity index (χ4v) is 2.59. The second-order valence-corrected chi connectivity index (χ2v) is 6.26. The standard InChI is InChI=1S/C16H30N4.HI/c1-6-10-18-15(17-7-2)19-13-16(4,5)20-11-8-9-14(3)12-20;/h1,14H,7-13H2,2-5H3,(H2,17,18,19);1H.